The van der Waals surface area contributed by atoms with E-state index in [0.717, 1.165) is 74.2 Å². The van der Waals surface area contributed by atoms with E-state index >= 15 is 0 Å². The lowest BCUT2D eigenvalue weighted by atomic mass is 9.72. The van der Waals surface area contributed by atoms with Crippen LogP contribution in [0.15, 0.2) is 84.9 Å². The molecule has 3 aromatic rings. The molecule has 0 unspecified atom stereocenters. The van der Waals surface area contributed by atoms with E-state index in [4.69, 9.17) is 4.74 Å². The molecule has 1 heterocycles. The molecule has 0 amide bonds. The molecule has 0 saturated carbocycles. The van der Waals surface area contributed by atoms with Crippen LogP contribution in [0.5, 0.6) is 5.75 Å². The van der Waals surface area contributed by atoms with Crippen molar-refractivity contribution in [2.75, 3.05) is 26.7 Å². The normalized spacial score (nSPS) is 15.1. The average molecular weight is 472 g/mol. The van der Waals surface area contributed by atoms with Gasteiger partial charge in [-0.1, -0.05) is 67.1 Å². The molecule has 1 aliphatic heterocycles. The molecule has 1 saturated heterocycles. The molecule has 0 radical (unpaired) electrons. The minimum Gasteiger partial charge on any atom is -0.497 e. The van der Waals surface area contributed by atoms with Gasteiger partial charge in [-0.15, -0.1) is 0 Å². The molecule has 0 aromatic heterocycles. The first kappa shape index (κ1) is 25.2. The van der Waals surface area contributed by atoms with Gasteiger partial charge in [-0.3, -0.25) is 4.79 Å². The summed E-state index contributed by atoms with van der Waals surface area (Å²) in [4.78, 5) is 14.9. The largest absolute Gasteiger partial charge is 0.497 e. The molecule has 0 spiro atoms. The fraction of sp³-hybridized carbons (Fsp3) is 0.387. The molecule has 1 aliphatic rings. The van der Waals surface area contributed by atoms with Gasteiger partial charge >= 0.3 is 0 Å². The van der Waals surface area contributed by atoms with Crippen LogP contribution in [0, 0.1) is 5.92 Å². The molecular weight excluding hydrogens is 434 g/mol. The highest BCUT2D eigenvalue weighted by atomic mass is 16.5. The van der Waals surface area contributed by atoms with Crippen molar-refractivity contribution in [2.24, 2.45) is 5.92 Å². The number of likely N-dealkylation sites (tertiary alicyclic amines) is 1. The van der Waals surface area contributed by atoms with E-state index in [0.29, 0.717) is 6.42 Å². The molecule has 184 valence electrons. The second-order valence-electron chi connectivity index (χ2n) is 9.58. The summed E-state index contributed by atoms with van der Waals surface area (Å²) in [6, 6.07) is 27.6. The summed E-state index contributed by atoms with van der Waals surface area (Å²) in [7, 11) is 1.63. The molecule has 4 nitrogen and oxygen atoms in total. The van der Waals surface area contributed by atoms with E-state index in [9.17, 15) is 9.90 Å². The summed E-state index contributed by atoms with van der Waals surface area (Å²) in [5, 5.41) is 12.0. The van der Waals surface area contributed by atoms with E-state index in [1.807, 2.05) is 84.9 Å². The summed E-state index contributed by atoms with van der Waals surface area (Å²) in [6.45, 7) is 3.05. The quantitative estimate of drug-likeness (QED) is 0.272. The number of methoxy groups -OCH3 is 1. The van der Waals surface area contributed by atoms with Gasteiger partial charge in [0, 0.05) is 12.0 Å². The van der Waals surface area contributed by atoms with Crippen LogP contribution in [0.1, 0.15) is 60.0 Å². The summed E-state index contributed by atoms with van der Waals surface area (Å²) in [6.07, 6.45) is 5.60. The topological polar surface area (TPSA) is 49.8 Å². The number of ketones is 1. The first-order valence-corrected chi connectivity index (χ1v) is 12.8. The first-order valence-electron chi connectivity index (χ1n) is 12.8. The van der Waals surface area contributed by atoms with Crippen LogP contribution in [-0.2, 0) is 5.60 Å². The third-order valence-electron chi connectivity index (χ3n) is 7.40. The third kappa shape index (κ3) is 6.19. The van der Waals surface area contributed by atoms with Crippen LogP contribution in [-0.4, -0.2) is 42.5 Å². The maximum absolute atomic E-state index is 12.4. The van der Waals surface area contributed by atoms with Gasteiger partial charge in [0.15, 0.2) is 5.78 Å². The number of Topliss-reactive ketones (excluding diaryl/α,β-unsaturated/α-hetero) is 1. The summed E-state index contributed by atoms with van der Waals surface area (Å²) in [5.41, 5.74) is 1.76. The first-order chi connectivity index (χ1) is 17.1. The molecular formula is C31H37NO3. The van der Waals surface area contributed by atoms with E-state index in [-0.39, 0.29) is 11.7 Å². The standard InChI is InChI=1S/C31H37NO3/c1-35-29-18-16-25(17-19-29)30(33)15-9-4-10-22-32-23-20-28(21-24-32)31(34,26-11-5-2-6-12-26)27-13-7-3-8-14-27/h2-3,5-8,11-14,16-19,28,34H,4,9-10,15,20-24H2,1H3. The second-order valence-corrected chi connectivity index (χ2v) is 9.58. The smallest absolute Gasteiger partial charge is 0.162 e. The number of carbonyl (C=O) groups is 1. The Hall–Kier alpha value is -2.95. The summed E-state index contributed by atoms with van der Waals surface area (Å²) < 4.78 is 5.16. The van der Waals surface area contributed by atoms with E-state index < -0.39 is 5.60 Å². The minimum atomic E-state index is -0.962. The van der Waals surface area contributed by atoms with Crippen LogP contribution < -0.4 is 4.74 Å². The zero-order valence-electron chi connectivity index (χ0n) is 20.7. The predicted molar refractivity (Wildman–Crippen MR) is 141 cm³/mol. The zero-order chi connectivity index (χ0) is 24.5. The van der Waals surface area contributed by atoms with Crippen molar-refractivity contribution in [2.45, 2.75) is 44.1 Å². The Kier molecular flexibility index (Phi) is 8.73. The van der Waals surface area contributed by atoms with Gasteiger partial charge in [-0.05, 0) is 86.6 Å². The Bertz CT molecular complexity index is 1000. The number of carbonyl (C=O) groups excluding carboxylic acids is 1. The number of rotatable bonds is 11. The molecule has 3 aromatic carbocycles. The van der Waals surface area contributed by atoms with Crippen LogP contribution in [0.25, 0.3) is 0 Å². The number of piperidine rings is 1. The minimum absolute atomic E-state index is 0.186. The third-order valence-corrected chi connectivity index (χ3v) is 7.40. The maximum Gasteiger partial charge on any atom is 0.162 e. The van der Waals surface area contributed by atoms with Crippen LogP contribution in [0.2, 0.25) is 0 Å². The van der Waals surface area contributed by atoms with Gasteiger partial charge in [0.05, 0.1) is 7.11 Å². The van der Waals surface area contributed by atoms with Gasteiger partial charge in [0.2, 0.25) is 0 Å². The molecule has 35 heavy (non-hydrogen) atoms. The molecule has 0 aliphatic carbocycles. The van der Waals surface area contributed by atoms with Crippen molar-refractivity contribution in [1.29, 1.82) is 0 Å². The fourth-order valence-electron chi connectivity index (χ4n) is 5.32. The highest BCUT2D eigenvalue weighted by Gasteiger charge is 2.41. The Morgan fingerprint density at radius 1 is 0.857 bits per heavy atom. The van der Waals surface area contributed by atoms with Crippen molar-refractivity contribution < 1.29 is 14.6 Å². The Morgan fingerprint density at radius 2 is 1.43 bits per heavy atom. The Labute approximate surface area is 209 Å². The molecule has 1 N–H and O–H groups in total. The van der Waals surface area contributed by atoms with Gasteiger partial charge in [0.1, 0.15) is 11.4 Å². The average Bonchev–Trinajstić information content (AvgIpc) is 2.93. The molecule has 0 atom stereocenters. The predicted octanol–water partition coefficient (Wildman–Crippen LogP) is 6.09. The lowest BCUT2D eigenvalue weighted by Gasteiger charge is -2.42. The summed E-state index contributed by atoms with van der Waals surface area (Å²) >= 11 is 0. The van der Waals surface area contributed by atoms with Gasteiger partial charge in [-0.2, -0.15) is 0 Å². The van der Waals surface area contributed by atoms with Gasteiger partial charge in [0.25, 0.3) is 0 Å². The zero-order valence-corrected chi connectivity index (χ0v) is 20.7. The number of hydrogen-bond acceptors (Lipinski definition) is 4. The highest BCUT2D eigenvalue weighted by molar-refractivity contribution is 5.96. The molecule has 0 bridgehead atoms. The summed E-state index contributed by atoms with van der Waals surface area (Å²) in [5.74, 6) is 1.16. The van der Waals surface area contributed by atoms with Crippen molar-refractivity contribution in [3.8, 4) is 5.75 Å². The van der Waals surface area contributed by atoms with Crippen LogP contribution in [0.4, 0.5) is 0 Å². The number of nitrogens with zero attached hydrogens (tertiary/aromatic N) is 1. The monoisotopic (exact) mass is 471 g/mol. The second kappa shape index (κ2) is 12.1. The lowest BCUT2D eigenvalue weighted by molar-refractivity contribution is -0.0143. The number of aliphatic hydroxyl groups is 1. The number of benzene rings is 3. The van der Waals surface area contributed by atoms with Crippen molar-refractivity contribution in [1.82, 2.24) is 4.90 Å². The maximum atomic E-state index is 12.4. The van der Waals surface area contributed by atoms with Crippen molar-refractivity contribution in [3.63, 3.8) is 0 Å². The SMILES string of the molecule is COc1ccc(C(=O)CCCCCN2CCC(C(O)(c3ccccc3)c3ccccc3)CC2)cc1. The van der Waals surface area contributed by atoms with Crippen molar-refractivity contribution >= 4 is 5.78 Å². The molecule has 4 heteroatoms. The number of hydrogen-bond donors (Lipinski definition) is 1. The van der Waals surface area contributed by atoms with Crippen molar-refractivity contribution in [3.05, 3.63) is 102 Å². The Balaban J connectivity index is 1.24. The lowest BCUT2D eigenvalue weighted by Crippen LogP contribution is -2.44. The van der Waals surface area contributed by atoms with E-state index in [1.165, 1.54) is 0 Å². The van der Waals surface area contributed by atoms with Crippen LogP contribution in [0.3, 0.4) is 0 Å². The highest BCUT2D eigenvalue weighted by Crippen LogP contribution is 2.41. The number of unbranched alkanes of at least 4 members (excludes halogenated alkanes) is 2. The number of ether oxygens (including phenoxy) is 1. The Morgan fingerprint density at radius 3 is 1.97 bits per heavy atom. The van der Waals surface area contributed by atoms with Gasteiger partial charge in [-0.25, -0.2) is 0 Å². The van der Waals surface area contributed by atoms with E-state index in [1.54, 1.807) is 7.11 Å². The van der Waals surface area contributed by atoms with E-state index in [2.05, 4.69) is 4.90 Å². The fourth-order valence-corrected chi connectivity index (χ4v) is 5.32. The molecule has 1 fully saturated rings. The van der Waals surface area contributed by atoms with Gasteiger partial charge < -0.3 is 14.7 Å². The van der Waals surface area contributed by atoms with Crippen LogP contribution >= 0.6 is 0 Å². The molecule has 4 rings (SSSR count).